The molecule has 0 amide bonds. The average Bonchev–Trinajstić information content (AvgIpc) is 2.52. The lowest BCUT2D eigenvalue weighted by Crippen LogP contribution is -2.09. The van der Waals surface area contributed by atoms with Gasteiger partial charge in [0.2, 0.25) is 11.9 Å². The van der Waals surface area contributed by atoms with Crippen LogP contribution < -0.4 is 15.8 Å². The van der Waals surface area contributed by atoms with Crippen molar-refractivity contribution in [2.75, 3.05) is 11.1 Å². The molecular formula is C18H19N5O. The number of hydrogen-bond acceptors (Lipinski definition) is 6. The van der Waals surface area contributed by atoms with Crippen LogP contribution >= 0.6 is 0 Å². The molecule has 0 saturated heterocycles. The van der Waals surface area contributed by atoms with Gasteiger partial charge in [-0.15, -0.1) is 0 Å². The number of anilines is 3. The molecule has 0 atom stereocenters. The second kappa shape index (κ2) is 6.95. The smallest absolute Gasteiger partial charge is 0.232 e. The number of nitrogens with one attached hydrogen (secondary N) is 1. The fourth-order valence-corrected chi connectivity index (χ4v) is 2.37. The zero-order valence-electron chi connectivity index (χ0n) is 13.7. The number of nitrogens with two attached hydrogens (primary N) is 1. The Morgan fingerprint density at radius 3 is 2.38 bits per heavy atom. The van der Waals surface area contributed by atoms with Gasteiger partial charge in [-0.1, -0.05) is 24.3 Å². The molecule has 6 nitrogen and oxygen atoms in total. The van der Waals surface area contributed by atoms with E-state index in [2.05, 4.69) is 26.3 Å². The molecule has 3 N–H and O–H groups in total. The van der Waals surface area contributed by atoms with Crippen molar-refractivity contribution in [2.24, 2.45) is 0 Å². The minimum Gasteiger partial charge on any atom is -0.486 e. The molecule has 0 aliphatic heterocycles. The van der Waals surface area contributed by atoms with Gasteiger partial charge in [-0.25, -0.2) is 0 Å². The molecule has 0 saturated carbocycles. The van der Waals surface area contributed by atoms with Gasteiger partial charge in [0.05, 0.1) is 0 Å². The summed E-state index contributed by atoms with van der Waals surface area (Å²) in [6, 6.07) is 15.7. The van der Waals surface area contributed by atoms with Crippen LogP contribution in [0.3, 0.4) is 0 Å². The van der Waals surface area contributed by atoms with Crippen LogP contribution in [0.25, 0.3) is 0 Å². The van der Waals surface area contributed by atoms with Gasteiger partial charge in [0.1, 0.15) is 12.4 Å². The summed E-state index contributed by atoms with van der Waals surface area (Å²) in [5, 5.41) is 3.10. The zero-order chi connectivity index (χ0) is 16.9. The second-order valence-corrected chi connectivity index (χ2v) is 5.54. The number of nitrogens with zero attached hydrogens (tertiary/aromatic N) is 3. The molecule has 1 aromatic heterocycles. The van der Waals surface area contributed by atoms with Crippen molar-refractivity contribution in [3.8, 4) is 5.75 Å². The maximum atomic E-state index is 5.78. The van der Waals surface area contributed by atoms with Crippen molar-refractivity contribution in [3.63, 3.8) is 0 Å². The normalized spacial score (nSPS) is 10.4. The first-order chi connectivity index (χ1) is 11.6. The Morgan fingerprint density at radius 1 is 0.958 bits per heavy atom. The van der Waals surface area contributed by atoms with Crippen molar-refractivity contribution in [1.82, 2.24) is 15.0 Å². The third kappa shape index (κ3) is 4.19. The summed E-state index contributed by atoms with van der Waals surface area (Å²) < 4.78 is 5.78. The first kappa shape index (κ1) is 15.7. The molecule has 122 valence electrons. The molecule has 24 heavy (non-hydrogen) atoms. The lowest BCUT2D eigenvalue weighted by atomic mass is 10.1. The van der Waals surface area contributed by atoms with Gasteiger partial charge in [-0.05, 0) is 49.2 Å². The van der Waals surface area contributed by atoms with Crippen LogP contribution in [0.15, 0.2) is 48.5 Å². The van der Waals surface area contributed by atoms with Crippen LogP contribution in [0, 0.1) is 13.8 Å². The summed E-state index contributed by atoms with van der Waals surface area (Å²) in [5.41, 5.74) is 8.94. The Kier molecular flexibility index (Phi) is 4.56. The summed E-state index contributed by atoms with van der Waals surface area (Å²) in [4.78, 5) is 12.6. The number of nitrogen functional groups attached to an aromatic ring is 1. The van der Waals surface area contributed by atoms with Crippen molar-refractivity contribution >= 4 is 17.6 Å². The molecule has 0 aliphatic carbocycles. The van der Waals surface area contributed by atoms with E-state index in [-0.39, 0.29) is 12.6 Å². The van der Waals surface area contributed by atoms with E-state index in [9.17, 15) is 0 Å². The van der Waals surface area contributed by atoms with E-state index < -0.39 is 0 Å². The molecule has 0 radical (unpaired) electrons. The van der Waals surface area contributed by atoms with Crippen molar-refractivity contribution < 1.29 is 4.74 Å². The highest BCUT2D eigenvalue weighted by Gasteiger charge is 2.06. The number of ether oxygens (including phenoxy) is 1. The van der Waals surface area contributed by atoms with E-state index in [4.69, 9.17) is 10.5 Å². The summed E-state index contributed by atoms with van der Waals surface area (Å²) in [7, 11) is 0. The van der Waals surface area contributed by atoms with E-state index in [0.29, 0.717) is 11.8 Å². The lowest BCUT2D eigenvalue weighted by molar-refractivity contribution is 0.295. The molecule has 2 aromatic carbocycles. The van der Waals surface area contributed by atoms with E-state index in [1.807, 2.05) is 56.3 Å². The van der Waals surface area contributed by atoms with Crippen LogP contribution in [-0.4, -0.2) is 15.0 Å². The Morgan fingerprint density at radius 2 is 1.67 bits per heavy atom. The number of para-hydroxylation sites is 1. The number of aromatic nitrogens is 3. The van der Waals surface area contributed by atoms with Gasteiger partial charge in [-0.2, -0.15) is 15.0 Å². The quantitative estimate of drug-likeness (QED) is 0.749. The second-order valence-electron chi connectivity index (χ2n) is 5.54. The predicted octanol–water partition coefficient (Wildman–Crippen LogP) is 3.39. The van der Waals surface area contributed by atoms with Gasteiger partial charge in [0.15, 0.2) is 5.82 Å². The molecule has 1 heterocycles. The highest BCUT2D eigenvalue weighted by Crippen LogP contribution is 2.18. The molecule has 0 unspecified atom stereocenters. The highest BCUT2D eigenvalue weighted by molar-refractivity contribution is 5.53. The number of hydrogen-bond donors (Lipinski definition) is 2. The number of rotatable bonds is 5. The predicted molar refractivity (Wildman–Crippen MR) is 94.2 cm³/mol. The van der Waals surface area contributed by atoms with Gasteiger partial charge in [0.25, 0.3) is 0 Å². The minimum atomic E-state index is 0.155. The minimum absolute atomic E-state index is 0.155. The maximum absolute atomic E-state index is 5.78. The Balaban J connectivity index is 1.74. The van der Waals surface area contributed by atoms with E-state index >= 15 is 0 Å². The summed E-state index contributed by atoms with van der Waals surface area (Å²) in [5.74, 6) is 1.80. The lowest BCUT2D eigenvalue weighted by Gasteiger charge is -2.09. The van der Waals surface area contributed by atoms with E-state index in [1.165, 1.54) is 0 Å². The largest absolute Gasteiger partial charge is 0.486 e. The van der Waals surface area contributed by atoms with Crippen molar-refractivity contribution in [3.05, 3.63) is 65.5 Å². The topological polar surface area (TPSA) is 86.0 Å². The van der Waals surface area contributed by atoms with Crippen molar-refractivity contribution in [2.45, 2.75) is 20.5 Å². The Hall–Kier alpha value is -3.15. The standard InChI is InChI=1S/C18H19N5O/c1-12-8-13(2)10-15(9-12)24-11-16-21-17(19)23-18(22-16)20-14-6-4-3-5-7-14/h3-10H,11H2,1-2H3,(H3,19,20,21,22,23). The monoisotopic (exact) mass is 321 g/mol. The van der Waals surface area contributed by atoms with E-state index in [0.717, 1.165) is 22.6 Å². The van der Waals surface area contributed by atoms with E-state index in [1.54, 1.807) is 0 Å². The molecule has 3 aromatic rings. The SMILES string of the molecule is Cc1cc(C)cc(OCc2nc(N)nc(Nc3ccccc3)n2)c1. The number of aryl methyl sites for hydroxylation is 2. The Labute approximate surface area is 140 Å². The van der Waals surface area contributed by atoms with Crippen LogP contribution in [-0.2, 0) is 6.61 Å². The Bertz CT molecular complexity index is 816. The van der Waals surface area contributed by atoms with Crippen LogP contribution in [0.2, 0.25) is 0 Å². The summed E-state index contributed by atoms with van der Waals surface area (Å²) >= 11 is 0. The fourth-order valence-electron chi connectivity index (χ4n) is 2.37. The highest BCUT2D eigenvalue weighted by atomic mass is 16.5. The number of benzene rings is 2. The first-order valence-electron chi connectivity index (χ1n) is 7.62. The molecule has 3 rings (SSSR count). The van der Waals surface area contributed by atoms with Crippen LogP contribution in [0.4, 0.5) is 17.6 Å². The summed E-state index contributed by atoms with van der Waals surface area (Å²) in [6.07, 6.45) is 0. The van der Waals surface area contributed by atoms with Gasteiger partial charge < -0.3 is 15.8 Å². The summed E-state index contributed by atoms with van der Waals surface area (Å²) in [6.45, 7) is 4.28. The van der Waals surface area contributed by atoms with Gasteiger partial charge in [-0.3, -0.25) is 0 Å². The van der Waals surface area contributed by atoms with Gasteiger partial charge in [0, 0.05) is 5.69 Å². The van der Waals surface area contributed by atoms with Gasteiger partial charge >= 0.3 is 0 Å². The third-order valence-electron chi connectivity index (χ3n) is 3.29. The zero-order valence-corrected chi connectivity index (χ0v) is 13.7. The maximum Gasteiger partial charge on any atom is 0.232 e. The van der Waals surface area contributed by atoms with Crippen LogP contribution in [0.1, 0.15) is 17.0 Å². The van der Waals surface area contributed by atoms with Crippen molar-refractivity contribution in [1.29, 1.82) is 0 Å². The molecule has 0 aliphatic rings. The average molecular weight is 321 g/mol. The van der Waals surface area contributed by atoms with Crippen LogP contribution in [0.5, 0.6) is 5.75 Å². The molecule has 0 spiro atoms. The molecule has 0 bridgehead atoms. The third-order valence-corrected chi connectivity index (χ3v) is 3.29. The fraction of sp³-hybridized carbons (Fsp3) is 0.167. The molecular weight excluding hydrogens is 302 g/mol. The molecule has 6 heteroatoms. The first-order valence-corrected chi connectivity index (χ1v) is 7.62. The molecule has 0 fully saturated rings.